The van der Waals surface area contributed by atoms with Crippen LogP contribution in [0.3, 0.4) is 0 Å². The van der Waals surface area contributed by atoms with Gasteiger partial charge in [0.25, 0.3) is 0 Å². The molecule has 1 amide bonds. The molecule has 0 bridgehead atoms. The second-order valence-corrected chi connectivity index (χ2v) is 5.70. The number of ether oxygens (including phenoxy) is 2. The summed E-state index contributed by atoms with van der Waals surface area (Å²) in [5, 5.41) is 9.36. The van der Waals surface area contributed by atoms with Crippen LogP contribution < -0.4 is 9.47 Å². The second-order valence-electron chi connectivity index (χ2n) is 5.70. The molecule has 1 aliphatic heterocycles. The van der Waals surface area contributed by atoms with Crippen LogP contribution in [0.25, 0.3) is 0 Å². The zero-order chi connectivity index (χ0) is 16.1. The normalized spacial score (nSPS) is 19.1. The van der Waals surface area contributed by atoms with Crippen LogP contribution in [0.4, 0.5) is 0 Å². The van der Waals surface area contributed by atoms with E-state index in [1.165, 1.54) is 0 Å². The van der Waals surface area contributed by atoms with Crippen LogP contribution in [-0.4, -0.2) is 49.3 Å². The molecular weight excluding hydrogens is 282 g/mol. The number of carbonyl (C=O) groups is 1. The van der Waals surface area contributed by atoms with E-state index >= 15 is 0 Å². The number of nitrogens with zero attached hydrogens (tertiary/aromatic N) is 1. The number of methoxy groups -OCH3 is 2. The molecule has 0 aliphatic carbocycles. The highest BCUT2D eigenvalue weighted by Crippen LogP contribution is 2.33. The van der Waals surface area contributed by atoms with E-state index in [1.807, 2.05) is 17.0 Å². The molecule has 1 aromatic carbocycles. The van der Waals surface area contributed by atoms with Crippen molar-refractivity contribution >= 4 is 5.91 Å². The van der Waals surface area contributed by atoms with Crippen molar-refractivity contribution in [1.29, 1.82) is 0 Å². The molecule has 1 saturated heterocycles. The Balaban J connectivity index is 2.29. The highest BCUT2D eigenvalue weighted by Gasteiger charge is 2.31. The molecular formula is C17H25NO4. The highest BCUT2D eigenvalue weighted by atomic mass is 16.5. The monoisotopic (exact) mass is 307 g/mol. The Hall–Kier alpha value is -1.75. The minimum Gasteiger partial charge on any atom is -0.493 e. The molecule has 22 heavy (non-hydrogen) atoms. The predicted molar refractivity (Wildman–Crippen MR) is 84.4 cm³/mol. The maximum absolute atomic E-state index is 12.8. The summed E-state index contributed by atoms with van der Waals surface area (Å²) in [6, 6.07) is 5.78. The summed E-state index contributed by atoms with van der Waals surface area (Å²) in [4.78, 5) is 14.8. The van der Waals surface area contributed by atoms with E-state index in [9.17, 15) is 9.90 Å². The summed E-state index contributed by atoms with van der Waals surface area (Å²) in [7, 11) is 3.16. The summed E-state index contributed by atoms with van der Waals surface area (Å²) in [5.74, 6) is 0.984. The van der Waals surface area contributed by atoms with Crippen LogP contribution in [0, 0.1) is 0 Å². The van der Waals surface area contributed by atoms with Crippen molar-refractivity contribution in [1.82, 2.24) is 4.90 Å². The number of aliphatic hydroxyl groups is 1. The van der Waals surface area contributed by atoms with Gasteiger partial charge in [0.15, 0.2) is 11.5 Å². The Labute approximate surface area is 131 Å². The van der Waals surface area contributed by atoms with Gasteiger partial charge in [-0.25, -0.2) is 0 Å². The first-order chi connectivity index (χ1) is 10.6. The maximum Gasteiger partial charge on any atom is 0.230 e. The fourth-order valence-electron chi connectivity index (χ4n) is 3.09. The van der Waals surface area contributed by atoms with E-state index < -0.39 is 0 Å². The topological polar surface area (TPSA) is 59.0 Å². The van der Waals surface area contributed by atoms with Crippen molar-refractivity contribution in [2.24, 2.45) is 0 Å². The molecule has 1 N–H and O–H groups in total. The van der Waals surface area contributed by atoms with Crippen LogP contribution in [-0.2, 0) is 4.79 Å². The average Bonchev–Trinajstić information content (AvgIpc) is 2.97. The SMILES string of the molecule is COc1ccc(C(CCO)C(=O)N2CCCC2C)cc1OC. The Morgan fingerprint density at radius 2 is 2.09 bits per heavy atom. The first-order valence-corrected chi connectivity index (χ1v) is 7.75. The molecule has 2 unspecified atom stereocenters. The van der Waals surface area contributed by atoms with Gasteiger partial charge < -0.3 is 19.5 Å². The van der Waals surface area contributed by atoms with Crippen molar-refractivity contribution < 1.29 is 19.4 Å². The third-order valence-corrected chi connectivity index (χ3v) is 4.36. The number of amides is 1. The van der Waals surface area contributed by atoms with Gasteiger partial charge in [-0.3, -0.25) is 4.79 Å². The number of hydrogen-bond donors (Lipinski definition) is 1. The third-order valence-electron chi connectivity index (χ3n) is 4.36. The van der Waals surface area contributed by atoms with E-state index in [2.05, 4.69) is 6.92 Å². The number of rotatable bonds is 6. The third kappa shape index (κ3) is 3.35. The molecule has 1 fully saturated rings. The van der Waals surface area contributed by atoms with E-state index in [4.69, 9.17) is 9.47 Å². The zero-order valence-corrected chi connectivity index (χ0v) is 13.5. The number of likely N-dealkylation sites (tertiary alicyclic amines) is 1. The van der Waals surface area contributed by atoms with Gasteiger partial charge in [0, 0.05) is 19.2 Å². The zero-order valence-electron chi connectivity index (χ0n) is 13.5. The smallest absolute Gasteiger partial charge is 0.230 e. The van der Waals surface area contributed by atoms with E-state index in [1.54, 1.807) is 20.3 Å². The maximum atomic E-state index is 12.8. The fraction of sp³-hybridized carbons (Fsp3) is 0.588. The molecule has 0 saturated carbocycles. The van der Waals surface area contributed by atoms with Crippen molar-refractivity contribution in [2.45, 2.75) is 38.1 Å². The van der Waals surface area contributed by atoms with Crippen molar-refractivity contribution in [2.75, 3.05) is 27.4 Å². The number of hydrogen-bond acceptors (Lipinski definition) is 4. The minimum absolute atomic E-state index is 0.0209. The summed E-state index contributed by atoms with van der Waals surface area (Å²) in [6.45, 7) is 2.86. The van der Waals surface area contributed by atoms with Gasteiger partial charge in [-0.2, -0.15) is 0 Å². The van der Waals surface area contributed by atoms with Gasteiger partial charge in [-0.1, -0.05) is 6.07 Å². The van der Waals surface area contributed by atoms with Gasteiger partial charge >= 0.3 is 0 Å². The molecule has 1 aliphatic rings. The van der Waals surface area contributed by atoms with E-state index in [0.29, 0.717) is 17.9 Å². The highest BCUT2D eigenvalue weighted by molar-refractivity contribution is 5.84. The van der Waals surface area contributed by atoms with Gasteiger partial charge in [0.05, 0.1) is 20.1 Å². The first-order valence-electron chi connectivity index (χ1n) is 7.75. The molecule has 0 radical (unpaired) electrons. The van der Waals surface area contributed by atoms with Crippen LogP contribution in [0.2, 0.25) is 0 Å². The Kier molecular flexibility index (Phi) is 5.66. The average molecular weight is 307 g/mol. The Morgan fingerprint density at radius 1 is 1.36 bits per heavy atom. The summed E-state index contributed by atoms with van der Waals surface area (Å²) in [5.41, 5.74) is 0.857. The molecule has 5 heteroatoms. The molecule has 2 atom stereocenters. The molecule has 0 spiro atoms. The van der Waals surface area contributed by atoms with Gasteiger partial charge in [-0.15, -0.1) is 0 Å². The lowest BCUT2D eigenvalue weighted by Crippen LogP contribution is -2.37. The molecule has 1 aromatic rings. The summed E-state index contributed by atoms with van der Waals surface area (Å²) < 4.78 is 10.6. The molecule has 0 aromatic heterocycles. The minimum atomic E-state index is -0.342. The summed E-state index contributed by atoms with van der Waals surface area (Å²) in [6.07, 6.45) is 2.51. The van der Waals surface area contributed by atoms with Crippen LogP contribution in [0.5, 0.6) is 11.5 Å². The van der Waals surface area contributed by atoms with Gasteiger partial charge in [-0.05, 0) is 43.9 Å². The van der Waals surface area contributed by atoms with Crippen LogP contribution >= 0.6 is 0 Å². The molecule has 122 valence electrons. The lowest BCUT2D eigenvalue weighted by atomic mass is 9.93. The predicted octanol–water partition coefficient (Wildman–Crippen LogP) is 2.18. The fourth-order valence-corrected chi connectivity index (χ4v) is 3.09. The Morgan fingerprint density at radius 3 is 2.64 bits per heavy atom. The van der Waals surface area contributed by atoms with Gasteiger partial charge in [0.2, 0.25) is 5.91 Å². The molecule has 2 rings (SSSR count). The summed E-state index contributed by atoms with van der Waals surface area (Å²) >= 11 is 0. The van der Waals surface area contributed by atoms with E-state index in [-0.39, 0.29) is 24.5 Å². The van der Waals surface area contributed by atoms with Crippen molar-refractivity contribution in [3.8, 4) is 11.5 Å². The number of aliphatic hydroxyl groups excluding tert-OH is 1. The van der Waals surface area contributed by atoms with Gasteiger partial charge in [0.1, 0.15) is 0 Å². The Bertz CT molecular complexity index is 517. The van der Waals surface area contributed by atoms with Crippen LogP contribution in [0.15, 0.2) is 18.2 Å². The van der Waals surface area contributed by atoms with Crippen molar-refractivity contribution in [3.63, 3.8) is 0 Å². The van der Waals surface area contributed by atoms with Crippen LogP contribution in [0.1, 0.15) is 37.7 Å². The number of benzene rings is 1. The lowest BCUT2D eigenvalue weighted by Gasteiger charge is -2.27. The largest absolute Gasteiger partial charge is 0.493 e. The standard InChI is InChI=1S/C17H25NO4/c1-12-5-4-9-18(12)17(20)14(8-10-19)13-6-7-15(21-2)16(11-13)22-3/h6-7,11-12,14,19H,4-5,8-10H2,1-3H3. The molecule has 5 nitrogen and oxygen atoms in total. The lowest BCUT2D eigenvalue weighted by molar-refractivity contribution is -0.133. The quantitative estimate of drug-likeness (QED) is 0.875. The second kappa shape index (κ2) is 7.49. The molecule has 1 heterocycles. The van der Waals surface area contributed by atoms with Crippen molar-refractivity contribution in [3.05, 3.63) is 23.8 Å². The van der Waals surface area contributed by atoms with E-state index in [0.717, 1.165) is 24.9 Å². The number of carbonyl (C=O) groups excluding carboxylic acids is 1. The first kappa shape index (κ1) is 16.6.